The fourth-order valence-electron chi connectivity index (χ4n) is 2.08. The van der Waals surface area contributed by atoms with Gasteiger partial charge >= 0.3 is 0 Å². The summed E-state index contributed by atoms with van der Waals surface area (Å²) < 4.78 is 11.0. The van der Waals surface area contributed by atoms with E-state index in [-0.39, 0.29) is 5.75 Å². The highest BCUT2D eigenvalue weighted by atomic mass is 16.5. The molecule has 2 aromatic carbocycles. The van der Waals surface area contributed by atoms with Gasteiger partial charge in [-0.15, -0.1) is 0 Å². The molecule has 1 atom stereocenters. The molecule has 0 aliphatic carbocycles. The van der Waals surface area contributed by atoms with Crippen molar-refractivity contribution in [2.24, 2.45) is 0 Å². The molecule has 1 heterocycles. The Morgan fingerprint density at radius 2 is 2.11 bits per heavy atom. The van der Waals surface area contributed by atoms with Crippen LogP contribution < -0.4 is 9.47 Å². The Morgan fingerprint density at radius 1 is 1.21 bits per heavy atom. The third-order valence-corrected chi connectivity index (χ3v) is 3.06. The lowest BCUT2D eigenvalue weighted by atomic mass is 10.1. The molecule has 2 aromatic rings. The maximum absolute atomic E-state index is 9.62. The number of ether oxygens (including phenoxy) is 2. The maximum Gasteiger partial charge on any atom is 0.129 e. The molecule has 0 aromatic heterocycles. The standard InChI is InChI=1S/C15H14O4/c16-11-3-1-2-10(6-11)8-18-12-4-5-13-14(17)9-19-15(13)7-12/h1-7,14,16-17H,8-9H2. The molecule has 19 heavy (non-hydrogen) atoms. The summed E-state index contributed by atoms with van der Waals surface area (Å²) in [6.45, 7) is 0.668. The summed E-state index contributed by atoms with van der Waals surface area (Å²) >= 11 is 0. The van der Waals surface area contributed by atoms with Gasteiger partial charge in [0, 0.05) is 11.6 Å². The van der Waals surface area contributed by atoms with E-state index >= 15 is 0 Å². The highest BCUT2D eigenvalue weighted by molar-refractivity contribution is 5.44. The zero-order valence-corrected chi connectivity index (χ0v) is 10.2. The SMILES string of the molecule is Oc1cccc(COc2ccc3c(c2)OCC3O)c1. The topological polar surface area (TPSA) is 58.9 Å². The van der Waals surface area contributed by atoms with Gasteiger partial charge in [0.25, 0.3) is 0 Å². The average Bonchev–Trinajstić information content (AvgIpc) is 2.78. The molecular weight excluding hydrogens is 244 g/mol. The van der Waals surface area contributed by atoms with Crippen molar-refractivity contribution < 1.29 is 19.7 Å². The second-order valence-electron chi connectivity index (χ2n) is 4.49. The van der Waals surface area contributed by atoms with Crippen molar-refractivity contribution >= 4 is 0 Å². The number of rotatable bonds is 3. The van der Waals surface area contributed by atoms with Crippen molar-refractivity contribution in [2.75, 3.05) is 6.61 Å². The monoisotopic (exact) mass is 258 g/mol. The lowest BCUT2D eigenvalue weighted by Gasteiger charge is -2.08. The van der Waals surface area contributed by atoms with Gasteiger partial charge < -0.3 is 19.7 Å². The normalized spacial score (nSPS) is 16.8. The highest BCUT2D eigenvalue weighted by Crippen LogP contribution is 2.35. The summed E-state index contributed by atoms with van der Waals surface area (Å²) in [6.07, 6.45) is -0.546. The molecule has 2 N–H and O–H groups in total. The summed E-state index contributed by atoms with van der Waals surface area (Å²) in [5.74, 6) is 1.57. The Kier molecular flexibility index (Phi) is 3.01. The van der Waals surface area contributed by atoms with Crippen LogP contribution in [0.25, 0.3) is 0 Å². The molecule has 0 saturated carbocycles. The first-order valence-corrected chi connectivity index (χ1v) is 6.08. The molecule has 98 valence electrons. The maximum atomic E-state index is 9.62. The first-order valence-electron chi connectivity index (χ1n) is 6.08. The molecular formula is C15H14O4. The Bertz CT molecular complexity index is 594. The molecule has 0 saturated heterocycles. The van der Waals surface area contributed by atoms with E-state index in [2.05, 4.69) is 0 Å². The predicted octanol–water partition coefficient (Wildman–Crippen LogP) is 2.40. The summed E-state index contributed by atoms with van der Waals surface area (Å²) in [6, 6.07) is 12.3. The third kappa shape index (κ3) is 2.48. The Labute approximate surface area is 110 Å². The van der Waals surface area contributed by atoms with Crippen molar-refractivity contribution in [1.29, 1.82) is 0 Å². The van der Waals surface area contributed by atoms with Crippen LogP contribution in [0, 0.1) is 0 Å². The van der Waals surface area contributed by atoms with Crippen molar-refractivity contribution in [3.63, 3.8) is 0 Å². The number of aliphatic hydroxyl groups is 1. The molecule has 0 radical (unpaired) electrons. The van der Waals surface area contributed by atoms with Crippen LogP contribution in [0.5, 0.6) is 17.2 Å². The second kappa shape index (κ2) is 4.82. The zero-order valence-electron chi connectivity index (χ0n) is 10.2. The third-order valence-electron chi connectivity index (χ3n) is 3.06. The lowest BCUT2D eigenvalue weighted by molar-refractivity contribution is 0.140. The van der Waals surface area contributed by atoms with Crippen LogP contribution in [0.3, 0.4) is 0 Å². The molecule has 3 rings (SSSR count). The van der Waals surface area contributed by atoms with Crippen LogP contribution >= 0.6 is 0 Å². The van der Waals surface area contributed by atoms with Crippen molar-refractivity contribution in [3.8, 4) is 17.2 Å². The van der Waals surface area contributed by atoms with E-state index in [4.69, 9.17) is 9.47 Å². The summed E-state index contributed by atoms with van der Waals surface area (Å²) in [7, 11) is 0. The van der Waals surface area contributed by atoms with Crippen LogP contribution in [0.1, 0.15) is 17.2 Å². The second-order valence-corrected chi connectivity index (χ2v) is 4.49. The van der Waals surface area contributed by atoms with E-state index < -0.39 is 6.10 Å². The van der Waals surface area contributed by atoms with Gasteiger partial charge in [-0.25, -0.2) is 0 Å². The Balaban J connectivity index is 1.71. The van der Waals surface area contributed by atoms with E-state index in [9.17, 15) is 10.2 Å². The van der Waals surface area contributed by atoms with Gasteiger partial charge in [-0.2, -0.15) is 0 Å². The van der Waals surface area contributed by atoms with Crippen molar-refractivity contribution in [3.05, 3.63) is 53.6 Å². The van der Waals surface area contributed by atoms with Crippen LogP contribution in [-0.4, -0.2) is 16.8 Å². The first-order chi connectivity index (χ1) is 9.22. The predicted molar refractivity (Wildman–Crippen MR) is 69.3 cm³/mol. The van der Waals surface area contributed by atoms with E-state index in [1.54, 1.807) is 30.3 Å². The number of hydrogen-bond donors (Lipinski definition) is 2. The zero-order chi connectivity index (χ0) is 13.2. The number of phenolic OH excluding ortho intramolecular Hbond substituents is 1. The van der Waals surface area contributed by atoms with Gasteiger partial charge in [0.1, 0.15) is 36.6 Å². The lowest BCUT2D eigenvalue weighted by Crippen LogP contribution is -1.97. The molecule has 4 nitrogen and oxygen atoms in total. The van der Waals surface area contributed by atoms with Crippen molar-refractivity contribution in [2.45, 2.75) is 12.7 Å². The van der Waals surface area contributed by atoms with Gasteiger partial charge in [0.15, 0.2) is 0 Å². The summed E-state index contributed by atoms with van der Waals surface area (Å²) in [4.78, 5) is 0. The average molecular weight is 258 g/mol. The Hall–Kier alpha value is -2.20. The molecule has 0 spiro atoms. The van der Waals surface area contributed by atoms with E-state index in [1.807, 2.05) is 12.1 Å². The minimum Gasteiger partial charge on any atom is -0.508 e. The quantitative estimate of drug-likeness (QED) is 0.887. The largest absolute Gasteiger partial charge is 0.508 e. The van der Waals surface area contributed by atoms with Crippen LogP contribution in [0.15, 0.2) is 42.5 Å². The number of hydrogen-bond acceptors (Lipinski definition) is 4. The van der Waals surface area contributed by atoms with Crippen molar-refractivity contribution in [1.82, 2.24) is 0 Å². The number of phenols is 1. The first kappa shape index (κ1) is 11.9. The number of aliphatic hydroxyl groups excluding tert-OH is 1. The number of fused-ring (bicyclic) bond motifs is 1. The fraction of sp³-hybridized carbons (Fsp3) is 0.200. The molecule has 0 bridgehead atoms. The van der Waals surface area contributed by atoms with Gasteiger partial charge in [-0.1, -0.05) is 12.1 Å². The van der Waals surface area contributed by atoms with Gasteiger partial charge in [0.05, 0.1) is 0 Å². The molecule has 4 heteroatoms. The van der Waals surface area contributed by atoms with Crippen LogP contribution in [-0.2, 0) is 6.61 Å². The van der Waals surface area contributed by atoms with E-state index in [0.29, 0.717) is 24.7 Å². The summed E-state index contributed by atoms with van der Waals surface area (Å²) in [5.41, 5.74) is 1.69. The molecule has 0 amide bonds. The van der Waals surface area contributed by atoms with Gasteiger partial charge in [0.2, 0.25) is 0 Å². The highest BCUT2D eigenvalue weighted by Gasteiger charge is 2.21. The van der Waals surface area contributed by atoms with Gasteiger partial charge in [-0.05, 0) is 29.8 Å². The molecule has 1 aliphatic rings. The fourth-order valence-corrected chi connectivity index (χ4v) is 2.08. The minimum atomic E-state index is -0.546. The molecule has 1 unspecified atom stereocenters. The van der Waals surface area contributed by atoms with E-state index in [1.165, 1.54) is 0 Å². The minimum absolute atomic E-state index is 0.224. The van der Waals surface area contributed by atoms with Crippen LogP contribution in [0.4, 0.5) is 0 Å². The molecule has 1 aliphatic heterocycles. The van der Waals surface area contributed by atoms with Gasteiger partial charge in [-0.3, -0.25) is 0 Å². The number of benzene rings is 2. The van der Waals surface area contributed by atoms with Crippen LogP contribution in [0.2, 0.25) is 0 Å². The Morgan fingerprint density at radius 3 is 2.95 bits per heavy atom. The number of aromatic hydroxyl groups is 1. The van der Waals surface area contributed by atoms with E-state index in [0.717, 1.165) is 11.1 Å². The molecule has 0 fully saturated rings. The summed E-state index contributed by atoms with van der Waals surface area (Å²) in [5, 5.41) is 19.0. The smallest absolute Gasteiger partial charge is 0.129 e.